The van der Waals surface area contributed by atoms with Crippen molar-refractivity contribution >= 4 is 5.91 Å². The molecule has 7 unspecified atom stereocenters. The van der Waals surface area contributed by atoms with Crippen LogP contribution in [0.15, 0.2) is 109 Å². The monoisotopic (exact) mass is 1190 g/mol. The number of amides is 1. The smallest absolute Gasteiger partial charge is 0.220 e. The largest absolute Gasteiger partial charge is 0.394 e. The molecule has 0 aromatic carbocycles. The SMILES string of the molecule is CC/C=C\C/C=C\C/C=C\C/C=C\C/C=C\C/C=C\CCCCCCCCCCCCCCCCCCCCC(=O)NC(COC1OC(CO)C(O)C(O)C1O)C(O)/C=C/CC/C=C/CC/C=C/CCCCCCCCCCCCCCCCC. The molecule has 9 heteroatoms. The Balaban J connectivity index is 2.14. The van der Waals surface area contributed by atoms with Crippen molar-refractivity contribution < 1.29 is 39.8 Å². The molecule has 0 spiro atoms. The number of carbonyl (C=O) groups is 1. The molecule has 1 amide bonds. The predicted molar refractivity (Wildman–Crippen MR) is 364 cm³/mol. The third-order valence-corrected chi connectivity index (χ3v) is 16.3. The standard InChI is InChI=1S/C76H133NO8/c1-3-5-7-9-11-13-15-17-19-21-23-25-27-29-30-31-32-33-34-35-36-37-38-39-40-42-44-46-48-50-52-54-56-58-60-62-64-66-72(80)77-69(68-84-76-75(83)74(82)73(81)71(67-78)85-76)70(79)65-63-61-59-57-55-53-51-49-47-45-43-41-28-26-24-22-20-18-16-14-12-10-8-6-4-2/h5,7,11,13,17,19,23,25,29-30,32-33,47,49,55,57,63,65,69-71,73-76,78-79,81-83H,3-4,6,8-10,12,14-16,18,20-22,24,26-28,31,34-46,48,50-54,56,58-62,64,66-68H2,1-2H3,(H,77,80)/b7-5-,13-11-,19-17-,25-23-,30-29-,33-32-,49-47+,57-55+,65-63+. The highest BCUT2D eigenvalue weighted by atomic mass is 16.7. The first-order valence-electron chi connectivity index (χ1n) is 35.6. The minimum Gasteiger partial charge on any atom is -0.394 e. The van der Waals surface area contributed by atoms with Gasteiger partial charge in [0.25, 0.3) is 0 Å². The first-order chi connectivity index (χ1) is 41.8. The molecule has 6 N–H and O–H groups in total. The molecule has 1 rings (SSSR count). The van der Waals surface area contributed by atoms with Gasteiger partial charge in [0.05, 0.1) is 25.4 Å². The van der Waals surface area contributed by atoms with Crippen LogP contribution >= 0.6 is 0 Å². The normalized spacial score (nSPS) is 18.8. The molecule has 1 saturated heterocycles. The van der Waals surface area contributed by atoms with Gasteiger partial charge in [0.15, 0.2) is 6.29 Å². The van der Waals surface area contributed by atoms with Crippen molar-refractivity contribution in [3.05, 3.63) is 109 Å². The second kappa shape index (κ2) is 63.9. The maximum Gasteiger partial charge on any atom is 0.220 e. The van der Waals surface area contributed by atoms with Gasteiger partial charge in [-0.1, -0.05) is 316 Å². The molecule has 1 aliphatic heterocycles. The van der Waals surface area contributed by atoms with Crippen LogP contribution in [0.5, 0.6) is 0 Å². The summed E-state index contributed by atoms with van der Waals surface area (Å²) >= 11 is 0. The summed E-state index contributed by atoms with van der Waals surface area (Å²) in [7, 11) is 0. The summed E-state index contributed by atoms with van der Waals surface area (Å²) in [5.74, 6) is -0.190. The molecule has 0 aliphatic carbocycles. The molecule has 0 aromatic heterocycles. The van der Waals surface area contributed by atoms with E-state index in [0.29, 0.717) is 6.42 Å². The fourth-order valence-electron chi connectivity index (χ4n) is 10.8. The van der Waals surface area contributed by atoms with E-state index >= 15 is 0 Å². The highest BCUT2D eigenvalue weighted by Crippen LogP contribution is 2.23. The molecule has 0 saturated carbocycles. The number of carbonyl (C=O) groups excluding carboxylic acids is 1. The number of ether oxygens (including phenoxy) is 2. The number of nitrogens with one attached hydrogen (secondary N) is 1. The van der Waals surface area contributed by atoms with Crippen LogP contribution in [0.25, 0.3) is 0 Å². The maximum absolute atomic E-state index is 13.1. The minimum absolute atomic E-state index is 0.190. The fraction of sp³-hybridized carbons (Fsp3) is 0.750. The quantitative estimate of drug-likeness (QED) is 0.0261. The Labute approximate surface area is 523 Å². The van der Waals surface area contributed by atoms with Gasteiger partial charge in [0, 0.05) is 6.42 Å². The van der Waals surface area contributed by atoms with Crippen LogP contribution in [-0.4, -0.2) is 87.5 Å². The lowest BCUT2D eigenvalue weighted by Gasteiger charge is -2.40. The molecular weight excluding hydrogens is 1050 g/mol. The minimum atomic E-state index is -1.58. The lowest BCUT2D eigenvalue weighted by Crippen LogP contribution is -2.60. The Morgan fingerprint density at radius 2 is 0.741 bits per heavy atom. The van der Waals surface area contributed by atoms with E-state index in [1.165, 1.54) is 205 Å². The van der Waals surface area contributed by atoms with Crippen molar-refractivity contribution in [2.75, 3.05) is 13.2 Å². The molecule has 1 aliphatic rings. The number of aliphatic hydroxyl groups excluding tert-OH is 5. The van der Waals surface area contributed by atoms with Crippen molar-refractivity contribution in [1.29, 1.82) is 0 Å². The first kappa shape index (κ1) is 79.9. The van der Waals surface area contributed by atoms with Gasteiger partial charge in [0.2, 0.25) is 5.91 Å². The molecule has 85 heavy (non-hydrogen) atoms. The van der Waals surface area contributed by atoms with E-state index in [2.05, 4.69) is 116 Å². The van der Waals surface area contributed by atoms with E-state index in [-0.39, 0.29) is 12.5 Å². The molecule has 9 nitrogen and oxygen atoms in total. The molecule has 490 valence electrons. The topological polar surface area (TPSA) is 149 Å². The summed E-state index contributed by atoms with van der Waals surface area (Å²) < 4.78 is 11.3. The Morgan fingerprint density at radius 3 is 1.13 bits per heavy atom. The summed E-state index contributed by atoms with van der Waals surface area (Å²) in [4.78, 5) is 13.1. The van der Waals surface area contributed by atoms with E-state index in [9.17, 15) is 30.3 Å². The van der Waals surface area contributed by atoms with Crippen LogP contribution in [-0.2, 0) is 14.3 Å². The summed E-state index contributed by atoms with van der Waals surface area (Å²) in [6.45, 7) is 3.67. The van der Waals surface area contributed by atoms with E-state index in [4.69, 9.17) is 9.47 Å². The average Bonchev–Trinajstić information content (AvgIpc) is 3.57. The second-order valence-electron chi connectivity index (χ2n) is 24.3. The van der Waals surface area contributed by atoms with E-state index < -0.39 is 49.5 Å². The van der Waals surface area contributed by atoms with Gasteiger partial charge in [-0.05, 0) is 96.3 Å². The number of aliphatic hydroxyl groups is 5. The Morgan fingerprint density at radius 1 is 0.412 bits per heavy atom. The Bertz CT molecular complexity index is 1710. The first-order valence-corrected chi connectivity index (χ1v) is 35.6. The van der Waals surface area contributed by atoms with E-state index in [1.54, 1.807) is 6.08 Å². The number of hydrogen-bond acceptors (Lipinski definition) is 8. The number of hydrogen-bond donors (Lipinski definition) is 6. The number of rotatable bonds is 61. The lowest BCUT2D eigenvalue weighted by atomic mass is 9.99. The molecule has 0 bridgehead atoms. The maximum atomic E-state index is 13.1. The van der Waals surface area contributed by atoms with Crippen molar-refractivity contribution in [2.24, 2.45) is 0 Å². The molecular formula is C76H133NO8. The van der Waals surface area contributed by atoms with Gasteiger partial charge < -0.3 is 40.3 Å². The van der Waals surface area contributed by atoms with Crippen molar-refractivity contribution in [3.63, 3.8) is 0 Å². The fourth-order valence-corrected chi connectivity index (χ4v) is 10.8. The lowest BCUT2D eigenvalue weighted by molar-refractivity contribution is -0.302. The van der Waals surface area contributed by atoms with Gasteiger partial charge in [-0.3, -0.25) is 4.79 Å². The summed E-state index contributed by atoms with van der Waals surface area (Å²) in [5.41, 5.74) is 0. The predicted octanol–water partition coefficient (Wildman–Crippen LogP) is 19.6. The zero-order valence-electron chi connectivity index (χ0n) is 54.8. The van der Waals surface area contributed by atoms with Gasteiger partial charge in [0.1, 0.15) is 24.4 Å². The highest BCUT2D eigenvalue weighted by molar-refractivity contribution is 5.76. The summed E-state index contributed by atoms with van der Waals surface area (Å²) in [6.07, 6.45) is 87.7. The van der Waals surface area contributed by atoms with Gasteiger partial charge in [-0.25, -0.2) is 0 Å². The molecule has 0 radical (unpaired) electrons. The van der Waals surface area contributed by atoms with E-state index in [0.717, 1.165) is 83.5 Å². The van der Waals surface area contributed by atoms with Crippen LogP contribution in [0.3, 0.4) is 0 Å². The van der Waals surface area contributed by atoms with Gasteiger partial charge >= 0.3 is 0 Å². The highest BCUT2D eigenvalue weighted by Gasteiger charge is 2.44. The van der Waals surface area contributed by atoms with Crippen LogP contribution < -0.4 is 5.32 Å². The second-order valence-corrected chi connectivity index (χ2v) is 24.3. The van der Waals surface area contributed by atoms with Crippen molar-refractivity contribution in [2.45, 2.75) is 352 Å². The van der Waals surface area contributed by atoms with Crippen LogP contribution in [0.2, 0.25) is 0 Å². The Hall–Kier alpha value is -3.15. The van der Waals surface area contributed by atoms with Crippen LogP contribution in [0, 0.1) is 0 Å². The van der Waals surface area contributed by atoms with Crippen molar-refractivity contribution in [1.82, 2.24) is 5.32 Å². The zero-order chi connectivity index (χ0) is 61.4. The van der Waals surface area contributed by atoms with E-state index in [1.807, 2.05) is 6.08 Å². The molecule has 1 heterocycles. The molecule has 0 aromatic rings. The third kappa shape index (κ3) is 52.5. The van der Waals surface area contributed by atoms with Gasteiger partial charge in [-0.15, -0.1) is 0 Å². The number of unbranched alkanes of at least 4 members (excludes halogenated alkanes) is 35. The molecule has 7 atom stereocenters. The van der Waals surface area contributed by atoms with Crippen molar-refractivity contribution in [3.8, 4) is 0 Å². The van der Waals surface area contributed by atoms with Crippen LogP contribution in [0.4, 0.5) is 0 Å². The van der Waals surface area contributed by atoms with Crippen LogP contribution in [0.1, 0.15) is 309 Å². The zero-order valence-corrected chi connectivity index (χ0v) is 54.8. The summed E-state index contributed by atoms with van der Waals surface area (Å²) in [6, 6.07) is -0.834. The Kier molecular flexibility index (Phi) is 60.0. The third-order valence-electron chi connectivity index (χ3n) is 16.3. The van der Waals surface area contributed by atoms with Gasteiger partial charge in [-0.2, -0.15) is 0 Å². The molecule has 1 fully saturated rings. The average molecular weight is 1190 g/mol. The summed E-state index contributed by atoms with van der Waals surface area (Å²) in [5, 5.41) is 54.7. The number of allylic oxidation sites excluding steroid dienone is 17.